The second-order valence-corrected chi connectivity index (χ2v) is 8.02. The van der Waals surface area contributed by atoms with E-state index in [1.165, 1.54) is 4.31 Å². The Morgan fingerprint density at radius 1 is 1.30 bits per heavy atom. The molecule has 1 fully saturated rings. The maximum Gasteiger partial charge on any atom is 0.281 e. The van der Waals surface area contributed by atoms with Crippen LogP contribution >= 0.6 is 15.9 Å². The molecule has 0 bridgehead atoms. The molecule has 1 aromatic heterocycles. The first kappa shape index (κ1) is 15.9. The van der Waals surface area contributed by atoms with Gasteiger partial charge in [-0.05, 0) is 28.8 Å². The van der Waals surface area contributed by atoms with E-state index in [2.05, 4.69) is 21.0 Å². The maximum absolute atomic E-state index is 12.5. The lowest BCUT2D eigenvalue weighted by Gasteiger charge is -2.26. The van der Waals surface area contributed by atoms with Crippen LogP contribution in [0.5, 0.6) is 0 Å². The molecule has 20 heavy (non-hydrogen) atoms. The van der Waals surface area contributed by atoms with Gasteiger partial charge in [0.05, 0.1) is 17.2 Å². The van der Waals surface area contributed by atoms with Gasteiger partial charge in [0.2, 0.25) is 0 Å². The van der Waals surface area contributed by atoms with E-state index in [0.717, 1.165) is 30.2 Å². The summed E-state index contributed by atoms with van der Waals surface area (Å²) < 4.78 is 30.6. The van der Waals surface area contributed by atoms with Crippen molar-refractivity contribution in [1.29, 1.82) is 0 Å². The minimum Gasteiger partial charge on any atom is -0.270 e. The number of halogens is 1. The van der Waals surface area contributed by atoms with E-state index in [1.54, 1.807) is 22.2 Å². The zero-order valence-corrected chi connectivity index (χ0v) is 14.1. The predicted octanol–water partition coefficient (Wildman–Crippen LogP) is 1.70. The average molecular weight is 365 g/mol. The molecule has 1 aliphatic rings. The summed E-state index contributed by atoms with van der Waals surface area (Å²) in [5.41, 5.74) is 0. The number of hydrogen-bond donors (Lipinski definition) is 0. The second-order valence-electron chi connectivity index (χ2n) is 5.06. The molecule has 8 heteroatoms. The lowest BCUT2D eigenvalue weighted by molar-refractivity contribution is 0.355. The van der Waals surface area contributed by atoms with E-state index >= 15 is 0 Å². The van der Waals surface area contributed by atoms with Crippen molar-refractivity contribution in [3.05, 3.63) is 16.9 Å². The van der Waals surface area contributed by atoms with E-state index in [4.69, 9.17) is 0 Å². The lowest BCUT2D eigenvalue weighted by atomic mass is 10.2. The minimum absolute atomic E-state index is 0.424. The molecule has 0 saturated carbocycles. The third-order valence-corrected chi connectivity index (χ3v) is 5.93. The molecule has 114 valence electrons. The monoisotopic (exact) mass is 364 g/mol. The highest BCUT2D eigenvalue weighted by molar-refractivity contribution is 9.10. The standard InChI is InChI=1S/C12H21BrN4O2S/c1-15(8-9-16-11-12(13)10-14-16)20(18,19)17-6-4-2-3-5-7-17/h10-11H,2-9H2,1H3. The summed E-state index contributed by atoms with van der Waals surface area (Å²) in [4.78, 5) is 0. The minimum atomic E-state index is -3.33. The summed E-state index contributed by atoms with van der Waals surface area (Å²) in [5, 5.41) is 4.13. The highest BCUT2D eigenvalue weighted by atomic mass is 79.9. The highest BCUT2D eigenvalue weighted by Crippen LogP contribution is 2.15. The fraction of sp³-hybridized carbons (Fsp3) is 0.750. The van der Waals surface area contributed by atoms with Crippen molar-refractivity contribution in [2.45, 2.75) is 32.2 Å². The molecule has 6 nitrogen and oxygen atoms in total. The van der Waals surface area contributed by atoms with Gasteiger partial charge < -0.3 is 0 Å². The van der Waals surface area contributed by atoms with Crippen LogP contribution in [0, 0.1) is 0 Å². The van der Waals surface area contributed by atoms with Crippen molar-refractivity contribution in [3.63, 3.8) is 0 Å². The third kappa shape index (κ3) is 4.03. The van der Waals surface area contributed by atoms with Gasteiger partial charge >= 0.3 is 0 Å². The summed E-state index contributed by atoms with van der Waals surface area (Å²) in [7, 11) is -1.70. The lowest BCUT2D eigenvalue weighted by Crippen LogP contribution is -2.43. The van der Waals surface area contributed by atoms with Crippen LogP contribution in [0.25, 0.3) is 0 Å². The van der Waals surface area contributed by atoms with E-state index in [0.29, 0.717) is 26.2 Å². The molecule has 0 amide bonds. The summed E-state index contributed by atoms with van der Waals surface area (Å²) >= 11 is 3.33. The van der Waals surface area contributed by atoms with Gasteiger partial charge in [-0.2, -0.15) is 22.1 Å². The smallest absolute Gasteiger partial charge is 0.270 e. The molecule has 1 aliphatic heterocycles. The third-order valence-electron chi connectivity index (χ3n) is 3.53. The van der Waals surface area contributed by atoms with Crippen LogP contribution in [0.15, 0.2) is 16.9 Å². The van der Waals surface area contributed by atoms with Crippen molar-refractivity contribution < 1.29 is 8.42 Å². The molecule has 0 spiro atoms. The quantitative estimate of drug-likeness (QED) is 0.798. The fourth-order valence-electron chi connectivity index (χ4n) is 2.29. The van der Waals surface area contributed by atoms with E-state index in [1.807, 2.05) is 6.20 Å². The van der Waals surface area contributed by atoms with Crippen molar-refractivity contribution >= 4 is 26.1 Å². The molecule has 2 rings (SSSR count). The van der Waals surface area contributed by atoms with Crippen molar-refractivity contribution in [1.82, 2.24) is 18.4 Å². The Morgan fingerprint density at radius 3 is 2.50 bits per heavy atom. The number of hydrogen-bond acceptors (Lipinski definition) is 3. The van der Waals surface area contributed by atoms with Crippen LogP contribution in [-0.2, 0) is 16.8 Å². The molecule has 0 aliphatic carbocycles. The Morgan fingerprint density at radius 2 is 1.95 bits per heavy atom. The first-order valence-corrected chi connectivity index (χ1v) is 9.08. The van der Waals surface area contributed by atoms with Gasteiger partial charge in [0, 0.05) is 32.9 Å². The number of nitrogens with zero attached hydrogens (tertiary/aromatic N) is 4. The fourth-order valence-corrected chi connectivity index (χ4v) is 4.04. The summed E-state index contributed by atoms with van der Waals surface area (Å²) in [6.45, 7) is 2.25. The van der Waals surface area contributed by atoms with Gasteiger partial charge in [-0.1, -0.05) is 12.8 Å². The highest BCUT2D eigenvalue weighted by Gasteiger charge is 2.27. The molecule has 0 radical (unpaired) electrons. The maximum atomic E-state index is 12.5. The SMILES string of the molecule is CN(CCn1cc(Br)cn1)S(=O)(=O)N1CCCCCC1. The van der Waals surface area contributed by atoms with Gasteiger partial charge in [-0.3, -0.25) is 4.68 Å². The van der Waals surface area contributed by atoms with Gasteiger partial charge in [0.15, 0.2) is 0 Å². The zero-order chi connectivity index (χ0) is 14.6. The van der Waals surface area contributed by atoms with Gasteiger partial charge in [0.1, 0.15) is 0 Å². The molecule has 1 saturated heterocycles. The number of aromatic nitrogens is 2. The number of rotatable bonds is 5. The van der Waals surface area contributed by atoms with Crippen LogP contribution in [0.3, 0.4) is 0 Å². The van der Waals surface area contributed by atoms with Crippen molar-refractivity contribution in [2.75, 3.05) is 26.7 Å². The molecular formula is C12H21BrN4O2S. The van der Waals surface area contributed by atoms with E-state index < -0.39 is 10.2 Å². The first-order valence-electron chi connectivity index (χ1n) is 6.89. The zero-order valence-electron chi connectivity index (χ0n) is 11.7. The Bertz CT molecular complexity index is 523. The van der Waals surface area contributed by atoms with Crippen LogP contribution in [-0.4, -0.2) is 53.5 Å². The molecule has 0 aromatic carbocycles. The first-order chi connectivity index (χ1) is 9.50. The van der Waals surface area contributed by atoms with Crippen molar-refractivity contribution in [3.8, 4) is 0 Å². The average Bonchev–Trinajstić information content (AvgIpc) is 2.68. The van der Waals surface area contributed by atoms with Crippen LogP contribution in [0.2, 0.25) is 0 Å². The summed E-state index contributed by atoms with van der Waals surface area (Å²) in [6.07, 6.45) is 7.70. The van der Waals surface area contributed by atoms with Gasteiger partial charge in [0.25, 0.3) is 10.2 Å². The molecule has 0 atom stereocenters. The van der Waals surface area contributed by atoms with Crippen LogP contribution < -0.4 is 0 Å². The molecular weight excluding hydrogens is 344 g/mol. The van der Waals surface area contributed by atoms with E-state index in [9.17, 15) is 8.42 Å². The topological polar surface area (TPSA) is 58.4 Å². The Kier molecular flexibility index (Phi) is 5.59. The second kappa shape index (κ2) is 7.02. The Hall–Kier alpha value is -0.440. The molecule has 2 heterocycles. The molecule has 0 N–H and O–H groups in total. The number of likely N-dealkylation sites (N-methyl/N-ethyl adjacent to an activating group) is 1. The van der Waals surface area contributed by atoms with Crippen LogP contribution in [0.4, 0.5) is 0 Å². The van der Waals surface area contributed by atoms with Crippen LogP contribution in [0.1, 0.15) is 25.7 Å². The van der Waals surface area contributed by atoms with Crippen molar-refractivity contribution in [2.24, 2.45) is 0 Å². The summed E-state index contributed by atoms with van der Waals surface area (Å²) in [5.74, 6) is 0. The van der Waals surface area contributed by atoms with Gasteiger partial charge in [-0.25, -0.2) is 0 Å². The predicted molar refractivity (Wildman–Crippen MR) is 81.5 cm³/mol. The van der Waals surface area contributed by atoms with E-state index in [-0.39, 0.29) is 0 Å². The van der Waals surface area contributed by atoms with Gasteiger partial charge in [-0.15, -0.1) is 0 Å². The molecule has 0 unspecified atom stereocenters. The Balaban J connectivity index is 1.93. The summed E-state index contributed by atoms with van der Waals surface area (Å²) in [6, 6.07) is 0. The normalized spacial score (nSPS) is 18.4. The Labute approximate surface area is 129 Å². The largest absolute Gasteiger partial charge is 0.281 e. The molecule has 1 aromatic rings.